The highest BCUT2D eigenvalue weighted by Gasteiger charge is 2.51. The Bertz CT molecular complexity index is 447. The summed E-state index contributed by atoms with van der Waals surface area (Å²) < 4.78 is 5.94. The molecule has 1 aromatic rings. The zero-order valence-electron chi connectivity index (χ0n) is 9.78. The van der Waals surface area contributed by atoms with E-state index in [1.807, 2.05) is 30.3 Å². The van der Waals surface area contributed by atoms with Gasteiger partial charge in [0, 0.05) is 4.47 Å². The Hall–Kier alpha value is -1.09. The summed E-state index contributed by atoms with van der Waals surface area (Å²) in [5.41, 5.74) is 0.550. The first-order valence-electron chi connectivity index (χ1n) is 5.59. The highest BCUT2D eigenvalue weighted by Crippen LogP contribution is 2.49. The number of rotatable bonds is 3. The van der Waals surface area contributed by atoms with Gasteiger partial charge in [0.15, 0.2) is 0 Å². The minimum atomic E-state index is -0.475. The van der Waals surface area contributed by atoms with Gasteiger partial charge >= 0.3 is 5.97 Å². The summed E-state index contributed by atoms with van der Waals surface area (Å²) in [7, 11) is 1.45. The third-order valence-electron chi connectivity index (χ3n) is 3.51. The lowest BCUT2D eigenvalue weighted by molar-refractivity contribution is -0.152. The quantitative estimate of drug-likeness (QED) is 0.630. The van der Waals surface area contributed by atoms with Crippen LogP contribution in [0.3, 0.4) is 0 Å². The topological polar surface area (TPSA) is 26.3 Å². The van der Waals surface area contributed by atoms with E-state index in [0.717, 1.165) is 22.9 Å². The summed E-state index contributed by atoms with van der Waals surface area (Å²) in [6, 6.07) is 7.89. The van der Waals surface area contributed by atoms with Gasteiger partial charge in [-0.1, -0.05) is 34.1 Å². The highest BCUT2D eigenvalue weighted by molar-refractivity contribution is 9.10. The Balaban J connectivity index is 2.36. The van der Waals surface area contributed by atoms with Crippen molar-refractivity contribution in [1.29, 1.82) is 0 Å². The molecule has 17 heavy (non-hydrogen) atoms. The lowest BCUT2D eigenvalue weighted by Crippen LogP contribution is -2.47. The first kappa shape index (κ1) is 12.4. The average molecular weight is 295 g/mol. The fraction of sp³-hybridized carbons (Fsp3) is 0.357. The van der Waals surface area contributed by atoms with Crippen molar-refractivity contribution < 1.29 is 9.53 Å². The van der Waals surface area contributed by atoms with Crippen molar-refractivity contribution in [1.82, 2.24) is 0 Å². The van der Waals surface area contributed by atoms with Crippen molar-refractivity contribution in [3.63, 3.8) is 0 Å². The van der Waals surface area contributed by atoms with E-state index in [-0.39, 0.29) is 5.97 Å². The number of allylic oxidation sites excluding steroid dienone is 1. The zero-order valence-corrected chi connectivity index (χ0v) is 11.4. The van der Waals surface area contributed by atoms with E-state index in [1.165, 1.54) is 7.11 Å². The van der Waals surface area contributed by atoms with Crippen LogP contribution in [-0.4, -0.2) is 13.1 Å². The summed E-state index contributed by atoms with van der Waals surface area (Å²) >= 11 is 3.44. The number of carbonyl (C=O) groups excluding carboxylic acids is 1. The molecule has 0 atom stereocenters. The molecule has 0 aliphatic heterocycles. The summed E-state index contributed by atoms with van der Waals surface area (Å²) in [6.45, 7) is 3.78. The molecule has 1 aromatic carbocycles. The number of ether oxygens (including phenoxy) is 1. The van der Waals surface area contributed by atoms with Gasteiger partial charge in [0.1, 0.15) is 0 Å². The van der Waals surface area contributed by atoms with E-state index in [4.69, 9.17) is 4.74 Å². The molecule has 1 aliphatic rings. The van der Waals surface area contributed by atoms with E-state index in [1.54, 1.807) is 0 Å². The zero-order chi connectivity index (χ0) is 12.5. The standard InChI is InChI=1S/C14H15BrO2/c1-3-10-8-14(9-10,13(16)17-2)11-5-4-6-12(15)7-11/h3-7,10H,1,8-9H2,2H3. The second-order valence-corrected chi connectivity index (χ2v) is 5.40. The van der Waals surface area contributed by atoms with Crippen LogP contribution in [0.1, 0.15) is 18.4 Å². The number of carbonyl (C=O) groups is 1. The normalized spacial score (nSPS) is 27.1. The van der Waals surface area contributed by atoms with Crippen molar-refractivity contribution in [2.45, 2.75) is 18.3 Å². The molecule has 0 bridgehead atoms. The smallest absolute Gasteiger partial charge is 0.316 e. The molecule has 1 fully saturated rings. The van der Waals surface area contributed by atoms with Crippen LogP contribution in [0.25, 0.3) is 0 Å². The van der Waals surface area contributed by atoms with Gasteiger partial charge in [-0.25, -0.2) is 0 Å². The van der Waals surface area contributed by atoms with Crippen molar-refractivity contribution >= 4 is 21.9 Å². The maximum absolute atomic E-state index is 12.0. The summed E-state index contributed by atoms with van der Waals surface area (Å²) in [4.78, 5) is 12.0. The first-order valence-corrected chi connectivity index (χ1v) is 6.39. The number of benzene rings is 1. The molecule has 3 heteroatoms. The van der Waals surface area contributed by atoms with Crippen molar-refractivity contribution in [3.8, 4) is 0 Å². The molecule has 0 saturated heterocycles. The van der Waals surface area contributed by atoms with Crippen LogP contribution in [0.15, 0.2) is 41.4 Å². The summed E-state index contributed by atoms with van der Waals surface area (Å²) in [5.74, 6) is 0.266. The maximum Gasteiger partial charge on any atom is 0.316 e. The van der Waals surface area contributed by atoms with Crippen LogP contribution in [0, 0.1) is 5.92 Å². The molecule has 0 unspecified atom stereocenters. The van der Waals surface area contributed by atoms with E-state index in [0.29, 0.717) is 5.92 Å². The number of halogens is 1. The SMILES string of the molecule is C=CC1CC(C(=O)OC)(c2cccc(Br)c2)C1. The van der Waals surface area contributed by atoms with Crippen molar-refractivity contribution in [3.05, 3.63) is 47.0 Å². The minimum Gasteiger partial charge on any atom is -0.468 e. The van der Waals surface area contributed by atoms with E-state index in [9.17, 15) is 4.79 Å². The summed E-state index contributed by atoms with van der Waals surface area (Å²) in [6.07, 6.45) is 3.50. The van der Waals surface area contributed by atoms with Gasteiger partial charge in [0.05, 0.1) is 12.5 Å². The van der Waals surface area contributed by atoms with Crippen LogP contribution < -0.4 is 0 Å². The van der Waals surface area contributed by atoms with Crippen molar-refractivity contribution in [2.75, 3.05) is 7.11 Å². The summed E-state index contributed by atoms with van der Waals surface area (Å²) in [5, 5.41) is 0. The van der Waals surface area contributed by atoms with Crippen LogP contribution in [0.2, 0.25) is 0 Å². The van der Waals surface area contributed by atoms with Crippen LogP contribution >= 0.6 is 15.9 Å². The first-order chi connectivity index (χ1) is 8.12. The number of hydrogen-bond acceptors (Lipinski definition) is 2. The Labute approximate surface area is 110 Å². The fourth-order valence-electron chi connectivity index (χ4n) is 2.50. The molecule has 90 valence electrons. The maximum atomic E-state index is 12.0. The number of esters is 1. The molecule has 2 rings (SSSR count). The third-order valence-corrected chi connectivity index (χ3v) is 4.00. The van der Waals surface area contributed by atoms with E-state index in [2.05, 4.69) is 22.5 Å². The molecular weight excluding hydrogens is 280 g/mol. The third kappa shape index (κ3) is 2.04. The van der Waals surface area contributed by atoms with Gasteiger partial charge in [-0.05, 0) is 36.5 Å². The van der Waals surface area contributed by atoms with Gasteiger partial charge < -0.3 is 4.74 Å². The van der Waals surface area contributed by atoms with Crippen LogP contribution in [0.5, 0.6) is 0 Å². The van der Waals surface area contributed by atoms with Gasteiger partial charge in [0.2, 0.25) is 0 Å². The lowest BCUT2D eigenvalue weighted by atomic mass is 9.58. The predicted molar refractivity (Wildman–Crippen MR) is 70.8 cm³/mol. The molecule has 0 amide bonds. The molecular formula is C14H15BrO2. The van der Waals surface area contributed by atoms with Gasteiger partial charge in [0.25, 0.3) is 0 Å². The van der Waals surface area contributed by atoms with E-state index >= 15 is 0 Å². The molecule has 0 aromatic heterocycles. The fourth-order valence-corrected chi connectivity index (χ4v) is 2.90. The second kappa shape index (κ2) is 4.65. The molecule has 0 spiro atoms. The molecule has 1 aliphatic carbocycles. The van der Waals surface area contributed by atoms with Crippen LogP contribution in [-0.2, 0) is 14.9 Å². The Morgan fingerprint density at radius 1 is 1.59 bits per heavy atom. The van der Waals surface area contributed by atoms with Gasteiger partial charge in [-0.3, -0.25) is 4.79 Å². The Morgan fingerprint density at radius 2 is 2.29 bits per heavy atom. The Morgan fingerprint density at radius 3 is 2.82 bits per heavy atom. The lowest BCUT2D eigenvalue weighted by Gasteiger charge is -2.44. The average Bonchev–Trinajstić information content (AvgIpc) is 2.28. The van der Waals surface area contributed by atoms with E-state index < -0.39 is 5.41 Å². The van der Waals surface area contributed by atoms with Crippen LogP contribution in [0.4, 0.5) is 0 Å². The van der Waals surface area contributed by atoms with Crippen molar-refractivity contribution in [2.24, 2.45) is 5.92 Å². The molecule has 2 nitrogen and oxygen atoms in total. The molecule has 0 radical (unpaired) electrons. The minimum absolute atomic E-state index is 0.145. The molecule has 1 saturated carbocycles. The predicted octanol–water partition coefficient (Wildman–Crippen LogP) is 3.46. The number of hydrogen-bond donors (Lipinski definition) is 0. The molecule has 0 N–H and O–H groups in total. The highest BCUT2D eigenvalue weighted by atomic mass is 79.9. The Kier molecular flexibility index (Phi) is 3.38. The second-order valence-electron chi connectivity index (χ2n) is 4.49. The largest absolute Gasteiger partial charge is 0.468 e. The van der Waals surface area contributed by atoms with Gasteiger partial charge in [-0.15, -0.1) is 6.58 Å². The van der Waals surface area contributed by atoms with Gasteiger partial charge in [-0.2, -0.15) is 0 Å². The monoisotopic (exact) mass is 294 g/mol. The number of methoxy groups -OCH3 is 1. The molecule has 0 heterocycles.